The Kier molecular flexibility index (Phi) is 9.46. The summed E-state index contributed by atoms with van der Waals surface area (Å²) >= 11 is 0. The van der Waals surface area contributed by atoms with Crippen molar-refractivity contribution in [2.75, 3.05) is 42.9 Å². The first-order chi connectivity index (χ1) is 21.9. The van der Waals surface area contributed by atoms with Crippen LogP contribution in [0.25, 0.3) is 0 Å². The summed E-state index contributed by atoms with van der Waals surface area (Å²) in [5.74, 6) is -0.189. The van der Waals surface area contributed by atoms with Crippen molar-refractivity contribution in [1.82, 2.24) is 4.90 Å². The summed E-state index contributed by atoms with van der Waals surface area (Å²) in [6.45, 7) is 3.98. The van der Waals surface area contributed by atoms with E-state index in [9.17, 15) is 20.0 Å². The predicted molar refractivity (Wildman–Crippen MR) is 171 cm³/mol. The molecule has 0 aromatic heterocycles. The van der Waals surface area contributed by atoms with E-state index in [0.29, 0.717) is 17.7 Å². The number of carbonyl (C=O) groups is 1. The van der Waals surface area contributed by atoms with Gasteiger partial charge in [0.1, 0.15) is 0 Å². The summed E-state index contributed by atoms with van der Waals surface area (Å²) in [4.78, 5) is 28.1. The molecule has 2 aliphatic heterocycles. The Bertz CT molecular complexity index is 1590. The van der Waals surface area contributed by atoms with Gasteiger partial charge < -0.3 is 24.8 Å². The second kappa shape index (κ2) is 14.0. The van der Waals surface area contributed by atoms with Gasteiger partial charge in [0.2, 0.25) is 0 Å². The molecule has 0 saturated carbocycles. The van der Waals surface area contributed by atoms with Crippen LogP contribution in [0, 0.1) is 10.1 Å². The number of hydrogen-bond acceptors (Lipinski definition) is 8. The Morgan fingerprint density at radius 1 is 0.867 bits per heavy atom. The number of carbonyl (C=O) groups excluding carboxylic acids is 1. The monoisotopic (exact) mass is 608 g/mol. The molecule has 2 N–H and O–H groups in total. The van der Waals surface area contributed by atoms with Crippen LogP contribution in [0.2, 0.25) is 0 Å². The maximum absolute atomic E-state index is 12.8. The number of aliphatic hydroxyl groups excluding tert-OH is 1. The van der Waals surface area contributed by atoms with Crippen molar-refractivity contribution in [2.24, 2.45) is 0 Å². The first kappa shape index (κ1) is 30.4. The predicted octanol–water partition coefficient (Wildman–Crippen LogP) is 5.71. The third kappa shape index (κ3) is 7.55. The lowest BCUT2D eigenvalue weighted by molar-refractivity contribution is -0.384. The topological polar surface area (TPSA) is 117 Å². The van der Waals surface area contributed by atoms with Crippen molar-refractivity contribution in [3.8, 4) is 0 Å². The molecule has 10 nitrogen and oxygen atoms in total. The number of rotatable bonds is 9. The molecule has 4 aromatic rings. The van der Waals surface area contributed by atoms with E-state index in [1.807, 2.05) is 78.9 Å². The van der Waals surface area contributed by atoms with E-state index >= 15 is 0 Å². The van der Waals surface area contributed by atoms with Crippen molar-refractivity contribution in [3.63, 3.8) is 0 Å². The minimum Gasteiger partial charge on any atom is -0.392 e. The fourth-order valence-corrected chi connectivity index (χ4v) is 5.85. The van der Waals surface area contributed by atoms with Crippen LogP contribution in [0.1, 0.15) is 45.9 Å². The van der Waals surface area contributed by atoms with Crippen LogP contribution < -0.4 is 10.2 Å². The van der Waals surface area contributed by atoms with Gasteiger partial charge >= 0.3 is 0 Å². The third-order valence-corrected chi connectivity index (χ3v) is 8.33. The van der Waals surface area contributed by atoms with Crippen molar-refractivity contribution >= 4 is 23.0 Å². The quantitative estimate of drug-likeness (QED) is 0.183. The van der Waals surface area contributed by atoms with Crippen LogP contribution in [-0.2, 0) is 16.1 Å². The van der Waals surface area contributed by atoms with Gasteiger partial charge in [0, 0.05) is 73.8 Å². The summed E-state index contributed by atoms with van der Waals surface area (Å²) in [5.41, 5.74) is 4.97. The molecular formula is C35H36N4O6. The molecule has 232 valence electrons. The van der Waals surface area contributed by atoms with Crippen LogP contribution in [0.5, 0.6) is 0 Å². The van der Waals surface area contributed by atoms with Crippen LogP contribution in [0.4, 0.5) is 17.1 Å². The van der Waals surface area contributed by atoms with E-state index in [4.69, 9.17) is 9.47 Å². The van der Waals surface area contributed by atoms with Crippen LogP contribution in [0.15, 0.2) is 103 Å². The summed E-state index contributed by atoms with van der Waals surface area (Å²) in [7, 11) is 0. The Morgan fingerprint density at radius 3 is 2.29 bits per heavy atom. The smallest absolute Gasteiger partial charge is 0.269 e. The fourth-order valence-electron chi connectivity index (χ4n) is 5.85. The molecule has 2 heterocycles. The molecule has 3 atom stereocenters. The van der Waals surface area contributed by atoms with Gasteiger partial charge in [-0.2, -0.15) is 0 Å². The highest BCUT2D eigenvalue weighted by Gasteiger charge is 2.34. The van der Waals surface area contributed by atoms with Crippen molar-refractivity contribution in [1.29, 1.82) is 0 Å². The molecular weight excluding hydrogens is 572 g/mol. The maximum Gasteiger partial charge on any atom is 0.269 e. The second-order valence-corrected chi connectivity index (χ2v) is 11.4. The highest BCUT2D eigenvalue weighted by Crippen LogP contribution is 2.39. The summed E-state index contributed by atoms with van der Waals surface area (Å²) in [6.07, 6.45) is -0.298. The van der Waals surface area contributed by atoms with Crippen molar-refractivity contribution in [2.45, 2.75) is 31.5 Å². The second-order valence-electron chi connectivity index (χ2n) is 11.4. The molecule has 45 heavy (non-hydrogen) atoms. The lowest BCUT2D eigenvalue weighted by Gasteiger charge is -2.41. The highest BCUT2D eigenvalue weighted by molar-refractivity contribution is 6.04. The molecule has 2 saturated heterocycles. The Morgan fingerprint density at radius 2 is 1.60 bits per heavy atom. The number of aliphatic hydroxyl groups is 1. The first-order valence-corrected chi connectivity index (χ1v) is 15.1. The zero-order valence-corrected chi connectivity index (χ0v) is 24.8. The number of amides is 1. The molecule has 0 aliphatic carbocycles. The Balaban J connectivity index is 1.15. The van der Waals surface area contributed by atoms with Crippen molar-refractivity contribution in [3.05, 3.63) is 135 Å². The maximum atomic E-state index is 12.8. The molecule has 4 aromatic carbocycles. The molecule has 0 radical (unpaired) electrons. The first-order valence-electron chi connectivity index (χ1n) is 15.1. The van der Waals surface area contributed by atoms with E-state index < -0.39 is 6.29 Å². The van der Waals surface area contributed by atoms with Gasteiger partial charge in [-0.05, 0) is 47.5 Å². The Labute approximate surface area is 262 Å². The van der Waals surface area contributed by atoms with E-state index in [1.54, 1.807) is 24.3 Å². The van der Waals surface area contributed by atoms with Gasteiger partial charge in [-0.3, -0.25) is 19.8 Å². The molecule has 0 bridgehead atoms. The van der Waals surface area contributed by atoms with Gasteiger partial charge in [0.15, 0.2) is 6.29 Å². The SMILES string of the molecule is O=C(Nc1cccc(C2OC(CN3CCN(c4ccc([N+](=O)[O-])cc4)CC3)CC(c3ccc(CO)cc3)O2)c1)c1ccccc1. The largest absolute Gasteiger partial charge is 0.392 e. The number of nitrogens with zero attached hydrogens (tertiary/aromatic N) is 3. The molecule has 10 heteroatoms. The Hall–Kier alpha value is -4.61. The number of nitrogens with one attached hydrogen (secondary N) is 1. The highest BCUT2D eigenvalue weighted by atomic mass is 16.7. The van der Waals surface area contributed by atoms with Gasteiger partial charge in [0.05, 0.1) is 23.7 Å². The molecule has 1 amide bonds. The average Bonchev–Trinajstić information content (AvgIpc) is 3.09. The number of nitro benzene ring substituents is 1. The molecule has 2 fully saturated rings. The normalized spacial score (nSPS) is 20.5. The summed E-state index contributed by atoms with van der Waals surface area (Å²) in [5, 5.41) is 23.5. The number of benzene rings is 4. The van der Waals surface area contributed by atoms with Gasteiger partial charge in [-0.25, -0.2) is 0 Å². The average molecular weight is 609 g/mol. The van der Waals surface area contributed by atoms with E-state index in [2.05, 4.69) is 15.1 Å². The minimum atomic E-state index is -0.638. The minimum absolute atomic E-state index is 0.0203. The zero-order chi connectivity index (χ0) is 31.2. The molecule has 2 aliphatic rings. The third-order valence-electron chi connectivity index (χ3n) is 8.33. The number of ether oxygens (including phenoxy) is 2. The molecule has 3 unspecified atom stereocenters. The van der Waals surface area contributed by atoms with Crippen LogP contribution in [-0.4, -0.2) is 59.7 Å². The standard InChI is InChI=1S/C35H36N4O6/c40-24-25-9-11-26(12-10-25)33-22-32(23-37-17-19-38(20-18-37)30-13-15-31(16-14-30)39(42)43)44-35(45-33)28-7-4-8-29(21-28)36-34(41)27-5-2-1-3-6-27/h1-16,21,32-33,35,40H,17-20,22-24H2,(H,36,41). The van der Waals surface area contributed by atoms with E-state index in [-0.39, 0.29) is 35.3 Å². The van der Waals surface area contributed by atoms with Gasteiger partial charge in [-0.1, -0.05) is 54.6 Å². The number of piperazine rings is 1. The molecule has 0 spiro atoms. The van der Waals surface area contributed by atoms with E-state index in [1.165, 1.54) is 0 Å². The van der Waals surface area contributed by atoms with Gasteiger partial charge in [0.25, 0.3) is 11.6 Å². The number of non-ortho nitro benzene ring substituents is 1. The van der Waals surface area contributed by atoms with E-state index in [0.717, 1.165) is 55.1 Å². The van der Waals surface area contributed by atoms with Crippen LogP contribution in [0.3, 0.4) is 0 Å². The zero-order valence-electron chi connectivity index (χ0n) is 24.8. The number of anilines is 2. The number of nitro groups is 1. The fraction of sp³-hybridized carbons (Fsp3) is 0.286. The summed E-state index contributed by atoms with van der Waals surface area (Å²) in [6, 6.07) is 31.2. The lowest BCUT2D eigenvalue weighted by Crippen LogP contribution is -2.49. The van der Waals surface area contributed by atoms with Crippen LogP contribution >= 0.6 is 0 Å². The summed E-state index contributed by atoms with van der Waals surface area (Å²) < 4.78 is 13.1. The lowest BCUT2D eigenvalue weighted by atomic mass is 9.99. The molecule has 6 rings (SSSR count). The van der Waals surface area contributed by atoms with Crippen molar-refractivity contribution < 1.29 is 24.3 Å². The number of hydrogen-bond donors (Lipinski definition) is 2. The van der Waals surface area contributed by atoms with Gasteiger partial charge in [-0.15, -0.1) is 0 Å².